The summed E-state index contributed by atoms with van der Waals surface area (Å²) in [6, 6.07) is 10.3. The molecule has 4 heteroatoms. The highest BCUT2D eigenvalue weighted by Gasteiger charge is 2.33. The molecule has 1 aliphatic carbocycles. The Morgan fingerprint density at radius 2 is 1.95 bits per heavy atom. The average Bonchev–Trinajstić information content (AvgIpc) is 2.87. The van der Waals surface area contributed by atoms with Crippen LogP contribution in [0.5, 0.6) is 0 Å². The lowest BCUT2D eigenvalue weighted by atomic mass is 9.95. The molecule has 104 valence electrons. The number of rotatable bonds is 3. The number of nitrogens with zero attached hydrogens (tertiary/aromatic N) is 1. The standard InChI is InChI=1S/C16H18N2O2/c1-11(12-7-3-2-4-8-12)18-14-10-6-5-9-13(14)15(17-18)16(19)20/h2-4,7-8,11H,5-6,9-10H2,1H3,(H,19,20)/p+1. The van der Waals surface area contributed by atoms with Crippen LogP contribution in [0.15, 0.2) is 30.3 Å². The Hall–Kier alpha value is -2.10. The van der Waals surface area contributed by atoms with Gasteiger partial charge in [-0.15, -0.1) is 4.68 Å². The Balaban J connectivity index is 2.08. The van der Waals surface area contributed by atoms with Gasteiger partial charge in [-0.1, -0.05) is 30.3 Å². The van der Waals surface area contributed by atoms with Crippen LogP contribution < -0.4 is 4.68 Å². The van der Waals surface area contributed by atoms with Crippen LogP contribution in [0.25, 0.3) is 0 Å². The van der Waals surface area contributed by atoms with Crippen molar-refractivity contribution in [3.05, 3.63) is 52.8 Å². The number of hydrogen-bond donors (Lipinski definition) is 2. The van der Waals surface area contributed by atoms with Crippen molar-refractivity contribution in [2.45, 2.75) is 38.6 Å². The summed E-state index contributed by atoms with van der Waals surface area (Å²) in [5, 5.41) is 12.5. The van der Waals surface area contributed by atoms with E-state index >= 15 is 0 Å². The van der Waals surface area contributed by atoms with E-state index < -0.39 is 5.97 Å². The van der Waals surface area contributed by atoms with Gasteiger partial charge in [0.15, 0.2) is 5.69 Å². The molecule has 20 heavy (non-hydrogen) atoms. The molecule has 1 aromatic carbocycles. The second kappa shape index (κ2) is 5.12. The second-order valence-electron chi connectivity index (χ2n) is 5.38. The zero-order valence-corrected chi connectivity index (χ0v) is 11.6. The molecule has 0 aliphatic heterocycles. The van der Waals surface area contributed by atoms with Crippen molar-refractivity contribution < 1.29 is 14.6 Å². The number of aromatic amines is 1. The molecule has 1 atom stereocenters. The van der Waals surface area contributed by atoms with Gasteiger partial charge in [-0.2, -0.15) is 5.10 Å². The van der Waals surface area contributed by atoms with Gasteiger partial charge in [0, 0.05) is 18.9 Å². The minimum absolute atomic E-state index is 0.121. The quantitative estimate of drug-likeness (QED) is 0.843. The van der Waals surface area contributed by atoms with Gasteiger partial charge in [0.25, 0.3) is 0 Å². The van der Waals surface area contributed by atoms with Crippen LogP contribution in [0.3, 0.4) is 0 Å². The summed E-state index contributed by atoms with van der Waals surface area (Å²) in [6.07, 6.45) is 4.02. The van der Waals surface area contributed by atoms with Gasteiger partial charge in [-0.05, 0) is 19.3 Å². The fourth-order valence-electron chi connectivity index (χ4n) is 3.07. The van der Waals surface area contributed by atoms with E-state index in [9.17, 15) is 9.90 Å². The van der Waals surface area contributed by atoms with E-state index in [1.807, 2.05) is 22.9 Å². The van der Waals surface area contributed by atoms with Gasteiger partial charge in [0.2, 0.25) is 11.7 Å². The number of aromatic nitrogens is 2. The maximum atomic E-state index is 11.4. The molecule has 0 amide bonds. The van der Waals surface area contributed by atoms with Crippen molar-refractivity contribution in [1.82, 2.24) is 5.10 Å². The summed E-state index contributed by atoms with van der Waals surface area (Å²) < 4.78 is 2.04. The summed E-state index contributed by atoms with van der Waals surface area (Å²) in [5.74, 6) is -0.859. The van der Waals surface area contributed by atoms with Crippen molar-refractivity contribution in [3.8, 4) is 0 Å². The highest BCUT2D eigenvalue weighted by atomic mass is 16.4. The van der Waals surface area contributed by atoms with Crippen molar-refractivity contribution >= 4 is 5.97 Å². The lowest BCUT2D eigenvalue weighted by Gasteiger charge is -2.10. The monoisotopic (exact) mass is 271 g/mol. The van der Waals surface area contributed by atoms with Crippen molar-refractivity contribution in [2.75, 3.05) is 0 Å². The summed E-state index contributed by atoms with van der Waals surface area (Å²) in [4.78, 5) is 11.4. The fraction of sp³-hybridized carbons (Fsp3) is 0.375. The molecule has 3 rings (SSSR count). The molecule has 4 nitrogen and oxygen atoms in total. The predicted molar refractivity (Wildman–Crippen MR) is 74.8 cm³/mol. The first-order valence-corrected chi connectivity index (χ1v) is 7.12. The first-order valence-electron chi connectivity index (χ1n) is 7.12. The molecular weight excluding hydrogens is 252 g/mol. The van der Waals surface area contributed by atoms with Crippen LogP contribution in [0.4, 0.5) is 0 Å². The average molecular weight is 271 g/mol. The number of H-pyrrole nitrogens is 1. The van der Waals surface area contributed by atoms with Crippen molar-refractivity contribution in [1.29, 1.82) is 0 Å². The van der Waals surface area contributed by atoms with E-state index in [0.29, 0.717) is 5.69 Å². The smallest absolute Gasteiger partial charge is 0.358 e. The number of carboxylic acid groups (broad SMARTS) is 1. The molecule has 2 aromatic rings. The van der Waals surface area contributed by atoms with Crippen LogP contribution in [0.1, 0.15) is 53.1 Å². The largest absolute Gasteiger partial charge is 0.476 e. The molecule has 1 unspecified atom stereocenters. The highest BCUT2D eigenvalue weighted by molar-refractivity contribution is 5.87. The molecule has 1 aromatic heterocycles. The number of carboxylic acids is 1. The number of benzene rings is 1. The Bertz CT molecular complexity index is 631. The first-order chi connectivity index (χ1) is 9.68. The third-order valence-electron chi connectivity index (χ3n) is 4.15. The minimum atomic E-state index is -0.859. The second-order valence-corrected chi connectivity index (χ2v) is 5.38. The molecule has 0 fully saturated rings. The van der Waals surface area contributed by atoms with Crippen LogP contribution in [-0.2, 0) is 12.8 Å². The van der Waals surface area contributed by atoms with Crippen molar-refractivity contribution in [3.63, 3.8) is 0 Å². The lowest BCUT2D eigenvalue weighted by molar-refractivity contribution is -0.769. The van der Waals surface area contributed by atoms with Gasteiger partial charge in [-0.25, -0.2) is 4.79 Å². The molecular formula is C16H19N2O2+. The lowest BCUT2D eigenvalue weighted by Crippen LogP contribution is -2.44. The number of aromatic carboxylic acids is 1. The first kappa shape index (κ1) is 12.9. The topological polar surface area (TPSA) is 57.0 Å². The maximum Gasteiger partial charge on any atom is 0.358 e. The third kappa shape index (κ3) is 2.11. The molecule has 0 saturated carbocycles. The van der Waals surface area contributed by atoms with E-state index in [4.69, 9.17) is 0 Å². The third-order valence-corrected chi connectivity index (χ3v) is 4.15. The van der Waals surface area contributed by atoms with E-state index in [1.54, 1.807) is 0 Å². The van der Waals surface area contributed by atoms with Gasteiger partial charge >= 0.3 is 5.97 Å². The van der Waals surface area contributed by atoms with Crippen LogP contribution in [-0.4, -0.2) is 16.2 Å². The van der Waals surface area contributed by atoms with Crippen LogP contribution in [0.2, 0.25) is 0 Å². The maximum absolute atomic E-state index is 11.4. The Morgan fingerprint density at radius 1 is 1.25 bits per heavy atom. The molecule has 1 heterocycles. The van der Waals surface area contributed by atoms with Crippen LogP contribution in [0, 0.1) is 0 Å². The molecule has 0 saturated heterocycles. The number of hydrogen-bond acceptors (Lipinski definition) is 1. The van der Waals surface area contributed by atoms with Crippen molar-refractivity contribution in [2.24, 2.45) is 0 Å². The minimum Gasteiger partial charge on any atom is -0.476 e. The molecule has 0 spiro atoms. The van der Waals surface area contributed by atoms with E-state index in [1.165, 1.54) is 5.56 Å². The SMILES string of the molecule is CC(c1ccccc1)[n+]1[nH]c(C(=O)O)c2c1CCCC2. The highest BCUT2D eigenvalue weighted by Crippen LogP contribution is 2.23. The van der Waals surface area contributed by atoms with Gasteiger partial charge in [0.1, 0.15) is 0 Å². The summed E-state index contributed by atoms with van der Waals surface area (Å²) >= 11 is 0. The van der Waals surface area contributed by atoms with E-state index in [-0.39, 0.29) is 6.04 Å². The van der Waals surface area contributed by atoms with Gasteiger partial charge in [-0.3, -0.25) is 0 Å². The van der Waals surface area contributed by atoms with Crippen LogP contribution >= 0.6 is 0 Å². The summed E-state index contributed by atoms with van der Waals surface area (Å²) in [5.41, 5.74) is 3.70. The fourth-order valence-corrected chi connectivity index (χ4v) is 3.07. The number of nitrogens with one attached hydrogen (secondary N) is 1. The molecule has 1 aliphatic rings. The Labute approximate surface area is 118 Å². The van der Waals surface area contributed by atoms with Gasteiger partial charge in [0.05, 0.1) is 5.56 Å². The van der Waals surface area contributed by atoms with E-state index in [0.717, 1.165) is 36.9 Å². The summed E-state index contributed by atoms with van der Waals surface area (Å²) in [7, 11) is 0. The zero-order chi connectivity index (χ0) is 14.1. The Kier molecular flexibility index (Phi) is 3.30. The van der Waals surface area contributed by atoms with E-state index in [2.05, 4.69) is 24.2 Å². The number of carbonyl (C=O) groups is 1. The normalized spacial score (nSPS) is 15.7. The zero-order valence-electron chi connectivity index (χ0n) is 11.6. The molecule has 0 bridgehead atoms. The number of fused-ring (bicyclic) bond motifs is 1. The molecule has 0 radical (unpaired) electrons. The Morgan fingerprint density at radius 3 is 2.65 bits per heavy atom. The predicted octanol–water partition coefficient (Wildman–Crippen LogP) is 2.49. The summed E-state index contributed by atoms with van der Waals surface area (Å²) in [6.45, 7) is 2.10. The molecule has 2 N–H and O–H groups in total. The van der Waals surface area contributed by atoms with Gasteiger partial charge < -0.3 is 5.11 Å².